The first-order valence-electron chi connectivity index (χ1n) is 8.33. The molecule has 0 fully saturated rings. The van der Waals surface area contributed by atoms with E-state index in [0.717, 1.165) is 28.1 Å². The van der Waals surface area contributed by atoms with Gasteiger partial charge < -0.3 is 5.32 Å². The highest BCUT2D eigenvalue weighted by Gasteiger charge is 2.28. The number of nitrogens with one attached hydrogen (secondary N) is 1. The Bertz CT molecular complexity index is 849. The molecule has 2 aromatic carbocycles. The summed E-state index contributed by atoms with van der Waals surface area (Å²) >= 11 is 5.85. The molecule has 2 aromatic rings. The number of aryl methyl sites for hydroxylation is 1. The summed E-state index contributed by atoms with van der Waals surface area (Å²) in [6.45, 7) is 3.90. The number of carbonyl (C=O) groups excluding carboxylic acids is 1. The topological polar surface area (TPSA) is 66.5 Å². The van der Waals surface area contributed by atoms with Crippen LogP contribution in [0.25, 0.3) is 0 Å². The van der Waals surface area contributed by atoms with E-state index < -0.39 is 16.1 Å². The van der Waals surface area contributed by atoms with Gasteiger partial charge in [-0.05, 0) is 48.7 Å². The standard InChI is InChI=1S/C19H23ClN2O3S/c1-4-15-7-11-18(12-8-15)22(26(3,24)25)14(2)19(23)21-13-16-5-9-17(20)10-6-16/h5-12,14H,4,13H2,1-3H3,(H,21,23)/t14-/m0/s1. The molecule has 7 heteroatoms. The number of rotatable bonds is 7. The molecule has 2 rings (SSSR count). The molecule has 0 unspecified atom stereocenters. The van der Waals surface area contributed by atoms with E-state index in [1.54, 1.807) is 31.2 Å². The Hall–Kier alpha value is -2.05. The van der Waals surface area contributed by atoms with Crippen LogP contribution in [0.4, 0.5) is 5.69 Å². The molecule has 26 heavy (non-hydrogen) atoms. The van der Waals surface area contributed by atoms with Crippen LogP contribution in [0.5, 0.6) is 0 Å². The zero-order chi connectivity index (χ0) is 19.3. The van der Waals surface area contributed by atoms with Crippen molar-refractivity contribution in [2.45, 2.75) is 32.9 Å². The number of halogens is 1. The molecule has 1 N–H and O–H groups in total. The van der Waals surface area contributed by atoms with Gasteiger partial charge in [-0.25, -0.2) is 8.42 Å². The van der Waals surface area contributed by atoms with Crippen LogP contribution in [-0.4, -0.2) is 26.6 Å². The molecule has 0 saturated heterocycles. The molecule has 1 amide bonds. The Morgan fingerprint density at radius 1 is 1.08 bits per heavy atom. The highest BCUT2D eigenvalue weighted by atomic mass is 35.5. The fraction of sp³-hybridized carbons (Fsp3) is 0.316. The minimum Gasteiger partial charge on any atom is -0.350 e. The van der Waals surface area contributed by atoms with Crippen molar-refractivity contribution in [2.75, 3.05) is 10.6 Å². The number of hydrogen-bond acceptors (Lipinski definition) is 3. The zero-order valence-electron chi connectivity index (χ0n) is 15.1. The first-order valence-corrected chi connectivity index (χ1v) is 10.6. The second kappa shape index (κ2) is 8.56. The van der Waals surface area contributed by atoms with Gasteiger partial charge in [-0.15, -0.1) is 0 Å². The van der Waals surface area contributed by atoms with Crippen LogP contribution in [0.15, 0.2) is 48.5 Å². The van der Waals surface area contributed by atoms with Crippen LogP contribution in [0.1, 0.15) is 25.0 Å². The van der Waals surface area contributed by atoms with Crippen LogP contribution in [0.2, 0.25) is 5.02 Å². The molecule has 0 saturated carbocycles. The van der Waals surface area contributed by atoms with Gasteiger partial charge in [0.1, 0.15) is 6.04 Å². The third-order valence-electron chi connectivity index (χ3n) is 4.07. The van der Waals surface area contributed by atoms with Crippen molar-refractivity contribution in [2.24, 2.45) is 0 Å². The van der Waals surface area contributed by atoms with Crippen molar-refractivity contribution in [1.82, 2.24) is 5.32 Å². The molecular formula is C19H23ClN2O3S. The molecule has 0 spiro atoms. The Morgan fingerprint density at radius 3 is 2.12 bits per heavy atom. The van der Waals surface area contributed by atoms with Crippen molar-refractivity contribution in [1.29, 1.82) is 0 Å². The molecule has 140 valence electrons. The highest BCUT2D eigenvalue weighted by molar-refractivity contribution is 7.92. The summed E-state index contributed by atoms with van der Waals surface area (Å²) in [5.74, 6) is -0.370. The molecule has 0 aliphatic carbocycles. The first-order chi connectivity index (χ1) is 12.2. The number of hydrogen-bond donors (Lipinski definition) is 1. The van der Waals surface area contributed by atoms with Gasteiger partial charge in [0.05, 0.1) is 11.9 Å². The molecule has 0 radical (unpaired) electrons. The van der Waals surface area contributed by atoms with Crippen LogP contribution in [0, 0.1) is 0 Å². The minimum atomic E-state index is -3.62. The zero-order valence-corrected chi connectivity index (χ0v) is 16.6. The lowest BCUT2D eigenvalue weighted by atomic mass is 10.1. The predicted molar refractivity (Wildman–Crippen MR) is 106 cm³/mol. The van der Waals surface area contributed by atoms with Gasteiger partial charge in [0, 0.05) is 11.6 Å². The second-order valence-corrected chi connectivity index (χ2v) is 8.39. The summed E-state index contributed by atoms with van der Waals surface area (Å²) < 4.78 is 25.7. The van der Waals surface area contributed by atoms with E-state index in [0.29, 0.717) is 17.3 Å². The van der Waals surface area contributed by atoms with Gasteiger partial charge in [0.2, 0.25) is 15.9 Å². The van der Waals surface area contributed by atoms with Crippen molar-refractivity contribution in [3.63, 3.8) is 0 Å². The van der Waals surface area contributed by atoms with Crippen LogP contribution < -0.4 is 9.62 Å². The highest BCUT2D eigenvalue weighted by Crippen LogP contribution is 2.22. The summed E-state index contributed by atoms with van der Waals surface area (Å²) in [6, 6.07) is 13.4. The Labute approximate surface area is 160 Å². The lowest BCUT2D eigenvalue weighted by Gasteiger charge is -2.28. The van der Waals surface area contributed by atoms with Gasteiger partial charge in [-0.1, -0.05) is 42.8 Å². The average Bonchev–Trinajstić information content (AvgIpc) is 2.60. The van der Waals surface area contributed by atoms with Crippen LogP contribution >= 0.6 is 11.6 Å². The Balaban J connectivity index is 2.16. The van der Waals surface area contributed by atoms with E-state index in [-0.39, 0.29) is 5.91 Å². The van der Waals surface area contributed by atoms with Crippen LogP contribution in [0.3, 0.4) is 0 Å². The van der Waals surface area contributed by atoms with Gasteiger partial charge in [-0.3, -0.25) is 9.10 Å². The smallest absolute Gasteiger partial charge is 0.243 e. The largest absolute Gasteiger partial charge is 0.350 e. The van der Waals surface area contributed by atoms with E-state index in [2.05, 4.69) is 5.32 Å². The monoisotopic (exact) mass is 394 g/mol. The van der Waals surface area contributed by atoms with Gasteiger partial charge in [0.25, 0.3) is 0 Å². The quantitative estimate of drug-likeness (QED) is 0.782. The van der Waals surface area contributed by atoms with Gasteiger partial charge >= 0.3 is 0 Å². The summed E-state index contributed by atoms with van der Waals surface area (Å²) in [6.07, 6.45) is 1.96. The maximum atomic E-state index is 12.5. The van der Waals surface area contributed by atoms with E-state index in [1.807, 2.05) is 31.2 Å². The van der Waals surface area contributed by atoms with E-state index in [9.17, 15) is 13.2 Å². The van der Waals surface area contributed by atoms with Crippen molar-refractivity contribution >= 4 is 33.2 Å². The summed E-state index contributed by atoms with van der Waals surface area (Å²) in [7, 11) is -3.62. The second-order valence-electron chi connectivity index (χ2n) is 6.10. The van der Waals surface area contributed by atoms with Crippen molar-refractivity contribution < 1.29 is 13.2 Å². The summed E-state index contributed by atoms with van der Waals surface area (Å²) in [4.78, 5) is 12.5. The normalized spacial score (nSPS) is 12.5. The first kappa shape index (κ1) is 20.3. The number of anilines is 1. The number of benzene rings is 2. The van der Waals surface area contributed by atoms with Crippen molar-refractivity contribution in [3.05, 3.63) is 64.7 Å². The maximum Gasteiger partial charge on any atom is 0.243 e. The minimum absolute atomic E-state index is 0.298. The molecular weight excluding hydrogens is 372 g/mol. The fourth-order valence-electron chi connectivity index (χ4n) is 2.63. The lowest BCUT2D eigenvalue weighted by Crippen LogP contribution is -2.47. The van der Waals surface area contributed by atoms with E-state index in [1.165, 1.54) is 0 Å². The number of amides is 1. The third kappa shape index (κ3) is 5.22. The maximum absolute atomic E-state index is 12.5. The lowest BCUT2D eigenvalue weighted by molar-refractivity contribution is -0.122. The Morgan fingerprint density at radius 2 is 1.62 bits per heavy atom. The van der Waals surface area contributed by atoms with Crippen molar-refractivity contribution in [3.8, 4) is 0 Å². The molecule has 1 atom stereocenters. The molecule has 0 bridgehead atoms. The molecule has 0 heterocycles. The summed E-state index contributed by atoms with van der Waals surface area (Å²) in [5, 5.41) is 3.39. The fourth-order valence-corrected chi connectivity index (χ4v) is 3.93. The molecule has 5 nitrogen and oxygen atoms in total. The molecule has 0 aliphatic rings. The SMILES string of the molecule is CCc1ccc(N([C@@H](C)C(=O)NCc2ccc(Cl)cc2)S(C)(=O)=O)cc1. The van der Waals surface area contributed by atoms with Gasteiger partial charge in [0.15, 0.2) is 0 Å². The number of nitrogens with zero attached hydrogens (tertiary/aromatic N) is 1. The van der Waals surface area contributed by atoms with E-state index in [4.69, 9.17) is 11.6 Å². The number of sulfonamides is 1. The average molecular weight is 395 g/mol. The Kier molecular flexibility index (Phi) is 6.67. The van der Waals surface area contributed by atoms with E-state index >= 15 is 0 Å². The van der Waals surface area contributed by atoms with Gasteiger partial charge in [-0.2, -0.15) is 0 Å². The molecule has 0 aromatic heterocycles. The molecule has 0 aliphatic heterocycles. The predicted octanol–water partition coefficient (Wildman–Crippen LogP) is 3.37. The van der Waals surface area contributed by atoms with Crippen LogP contribution in [-0.2, 0) is 27.8 Å². The number of carbonyl (C=O) groups is 1. The third-order valence-corrected chi connectivity index (χ3v) is 5.56. The summed E-state index contributed by atoms with van der Waals surface area (Å²) in [5.41, 5.74) is 2.45.